The second-order valence-electron chi connectivity index (χ2n) is 4.00. The fourth-order valence-corrected chi connectivity index (χ4v) is 1.58. The Morgan fingerprint density at radius 2 is 1.94 bits per heavy atom. The number of alkyl halides is 3. The molecule has 0 spiro atoms. The summed E-state index contributed by atoms with van der Waals surface area (Å²) in [4.78, 5) is 0. The molecule has 1 aromatic rings. The Morgan fingerprint density at radius 1 is 1.39 bits per heavy atom. The molecule has 1 rings (SSSR count). The molecule has 0 fully saturated rings. The smallest absolute Gasteiger partial charge is 0.324 e. The fraction of sp³-hybridized carbons (Fsp3) is 0.333. The summed E-state index contributed by atoms with van der Waals surface area (Å²) in [6.45, 7) is 5.24. The van der Waals surface area contributed by atoms with Gasteiger partial charge in [0, 0.05) is 6.04 Å². The minimum absolute atomic E-state index is 0. The maximum absolute atomic E-state index is 13.0. The van der Waals surface area contributed by atoms with Crippen LogP contribution in [0.1, 0.15) is 30.5 Å². The van der Waals surface area contributed by atoms with Crippen molar-refractivity contribution in [1.29, 1.82) is 0 Å². The molecular formula is C12H14ClF4N. The van der Waals surface area contributed by atoms with Crippen LogP contribution in [-0.4, -0.2) is 0 Å². The first-order chi connectivity index (χ1) is 7.71. The summed E-state index contributed by atoms with van der Waals surface area (Å²) in [5.74, 6) is -0.731. The Morgan fingerprint density at radius 3 is 2.39 bits per heavy atom. The van der Waals surface area contributed by atoms with Gasteiger partial charge >= 0.3 is 6.18 Å². The van der Waals surface area contributed by atoms with E-state index in [1.807, 2.05) is 0 Å². The zero-order chi connectivity index (χ0) is 13.2. The highest BCUT2D eigenvalue weighted by Crippen LogP contribution is 2.35. The minimum Gasteiger partial charge on any atom is -0.324 e. The van der Waals surface area contributed by atoms with Gasteiger partial charge in [0.05, 0.1) is 5.56 Å². The SMILES string of the molecule is C=C(C)C[C@@H](N)c1cc(F)ccc1C(F)(F)F.Cl. The summed E-state index contributed by atoms with van der Waals surface area (Å²) in [5.41, 5.74) is 5.15. The first-order valence-electron chi connectivity index (χ1n) is 4.98. The van der Waals surface area contributed by atoms with E-state index >= 15 is 0 Å². The van der Waals surface area contributed by atoms with Crippen molar-refractivity contribution in [3.63, 3.8) is 0 Å². The van der Waals surface area contributed by atoms with Crippen LogP contribution in [0, 0.1) is 5.82 Å². The zero-order valence-corrected chi connectivity index (χ0v) is 10.5. The molecule has 0 bridgehead atoms. The molecule has 1 atom stereocenters. The second-order valence-corrected chi connectivity index (χ2v) is 4.00. The lowest BCUT2D eigenvalue weighted by Gasteiger charge is -2.18. The lowest BCUT2D eigenvalue weighted by atomic mass is 9.96. The third kappa shape index (κ3) is 4.31. The summed E-state index contributed by atoms with van der Waals surface area (Å²) < 4.78 is 51.0. The lowest BCUT2D eigenvalue weighted by molar-refractivity contribution is -0.138. The highest BCUT2D eigenvalue weighted by Gasteiger charge is 2.34. The maximum atomic E-state index is 13.0. The van der Waals surface area contributed by atoms with Gasteiger partial charge in [-0.2, -0.15) is 13.2 Å². The monoisotopic (exact) mass is 283 g/mol. The van der Waals surface area contributed by atoms with Crippen molar-refractivity contribution in [2.45, 2.75) is 25.6 Å². The van der Waals surface area contributed by atoms with Crippen LogP contribution in [0.15, 0.2) is 30.4 Å². The van der Waals surface area contributed by atoms with Gasteiger partial charge in [0.15, 0.2) is 0 Å². The van der Waals surface area contributed by atoms with E-state index < -0.39 is 23.6 Å². The van der Waals surface area contributed by atoms with Crippen molar-refractivity contribution >= 4 is 12.4 Å². The van der Waals surface area contributed by atoms with Gasteiger partial charge in [-0.15, -0.1) is 19.0 Å². The van der Waals surface area contributed by atoms with Crippen molar-refractivity contribution < 1.29 is 17.6 Å². The molecule has 0 radical (unpaired) electrons. The Hall–Kier alpha value is -1.07. The number of hydrogen-bond acceptors (Lipinski definition) is 1. The van der Waals surface area contributed by atoms with Gasteiger partial charge in [-0.1, -0.05) is 5.57 Å². The first kappa shape index (κ1) is 16.9. The van der Waals surface area contributed by atoms with E-state index in [4.69, 9.17) is 5.73 Å². The summed E-state index contributed by atoms with van der Waals surface area (Å²) in [7, 11) is 0. The Kier molecular flexibility index (Phi) is 5.83. The highest BCUT2D eigenvalue weighted by molar-refractivity contribution is 5.85. The van der Waals surface area contributed by atoms with E-state index in [2.05, 4.69) is 6.58 Å². The predicted molar refractivity (Wildman–Crippen MR) is 65.0 cm³/mol. The molecule has 0 saturated carbocycles. The topological polar surface area (TPSA) is 26.0 Å². The molecule has 102 valence electrons. The van der Waals surface area contributed by atoms with Crippen molar-refractivity contribution in [3.8, 4) is 0 Å². The minimum atomic E-state index is -4.53. The van der Waals surface area contributed by atoms with E-state index in [-0.39, 0.29) is 24.4 Å². The maximum Gasteiger partial charge on any atom is 0.416 e. The van der Waals surface area contributed by atoms with Crippen LogP contribution in [0.2, 0.25) is 0 Å². The van der Waals surface area contributed by atoms with Crippen molar-refractivity contribution in [2.24, 2.45) is 5.73 Å². The van der Waals surface area contributed by atoms with Gasteiger partial charge < -0.3 is 5.73 Å². The number of nitrogens with two attached hydrogens (primary N) is 1. The predicted octanol–water partition coefficient (Wildman–Crippen LogP) is 4.23. The normalized spacial score (nSPS) is 12.8. The van der Waals surface area contributed by atoms with E-state index in [1.165, 1.54) is 0 Å². The third-order valence-corrected chi connectivity index (χ3v) is 2.29. The van der Waals surface area contributed by atoms with Crippen LogP contribution in [0.25, 0.3) is 0 Å². The molecule has 0 aliphatic rings. The molecule has 0 amide bonds. The number of rotatable bonds is 3. The van der Waals surface area contributed by atoms with Crippen LogP contribution in [0.5, 0.6) is 0 Å². The lowest BCUT2D eigenvalue weighted by Crippen LogP contribution is -2.18. The third-order valence-electron chi connectivity index (χ3n) is 2.29. The van der Waals surface area contributed by atoms with Crippen LogP contribution >= 0.6 is 12.4 Å². The fourth-order valence-electron chi connectivity index (χ4n) is 1.58. The molecular weight excluding hydrogens is 270 g/mol. The summed E-state index contributed by atoms with van der Waals surface area (Å²) in [6, 6.07) is 1.42. The second kappa shape index (κ2) is 6.20. The van der Waals surface area contributed by atoms with Crippen LogP contribution in [-0.2, 0) is 6.18 Å². The molecule has 0 aromatic heterocycles. The van der Waals surface area contributed by atoms with Gasteiger partial charge in [0.25, 0.3) is 0 Å². The average molecular weight is 284 g/mol. The van der Waals surface area contributed by atoms with Crippen molar-refractivity contribution in [1.82, 2.24) is 0 Å². The van der Waals surface area contributed by atoms with Gasteiger partial charge in [0.2, 0.25) is 0 Å². The van der Waals surface area contributed by atoms with Crippen molar-refractivity contribution in [3.05, 3.63) is 47.3 Å². The molecule has 0 saturated heterocycles. The Balaban J connectivity index is 0.00000289. The zero-order valence-electron chi connectivity index (χ0n) is 9.72. The molecule has 0 aliphatic heterocycles. The van der Waals surface area contributed by atoms with Crippen LogP contribution in [0.3, 0.4) is 0 Å². The molecule has 0 heterocycles. The molecule has 1 nitrogen and oxygen atoms in total. The molecule has 0 aliphatic carbocycles. The van der Waals surface area contributed by atoms with E-state index in [0.717, 1.165) is 12.1 Å². The first-order valence-corrected chi connectivity index (χ1v) is 4.98. The van der Waals surface area contributed by atoms with Crippen LogP contribution < -0.4 is 5.73 Å². The standard InChI is InChI=1S/C12H13F4N.ClH/c1-7(2)5-11(17)9-6-8(13)3-4-10(9)12(14,15)16;/h3-4,6,11H,1,5,17H2,2H3;1H/t11-;/m1./s1. The number of hydrogen-bond donors (Lipinski definition) is 1. The number of halogens is 5. The van der Waals surface area contributed by atoms with Gasteiger partial charge in [-0.25, -0.2) is 4.39 Å². The summed E-state index contributed by atoms with van der Waals surface area (Å²) in [5, 5.41) is 0. The average Bonchev–Trinajstić information content (AvgIpc) is 2.14. The van der Waals surface area contributed by atoms with Gasteiger partial charge in [0.1, 0.15) is 5.82 Å². The molecule has 1 aromatic carbocycles. The summed E-state index contributed by atoms with van der Waals surface area (Å²) in [6.07, 6.45) is -4.34. The Labute approximate surface area is 109 Å². The molecule has 18 heavy (non-hydrogen) atoms. The number of benzene rings is 1. The molecule has 0 unspecified atom stereocenters. The Bertz CT molecular complexity index is 429. The quantitative estimate of drug-likeness (QED) is 0.652. The molecule has 6 heteroatoms. The van der Waals surface area contributed by atoms with Gasteiger partial charge in [-0.3, -0.25) is 0 Å². The van der Waals surface area contributed by atoms with Crippen LogP contribution in [0.4, 0.5) is 17.6 Å². The van der Waals surface area contributed by atoms with Gasteiger partial charge in [-0.05, 0) is 37.1 Å². The molecule has 2 N–H and O–H groups in total. The van der Waals surface area contributed by atoms with E-state index in [1.54, 1.807) is 6.92 Å². The largest absolute Gasteiger partial charge is 0.416 e. The van der Waals surface area contributed by atoms with E-state index in [9.17, 15) is 17.6 Å². The summed E-state index contributed by atoms with van der Waals surface area (Å²) >= 11 is 0. The van der Waals surface area contributed by atoms with E-state index in [0.29, 0.717) is 11.6 Å². The van der Waals surface area contributed by atoms with Crippen molar-refractivity contribution in [2.75, 3.05) is 0 Å². The highest BCUT2D eigenvalue weighted by atomic mass is 35.5.